The van der Waals surface area contributed by atoms with Gasteiger partial charge in [0.2, 0.25) is 5.91 Å². The normalized spacial score (nSPS) is 12.1. The van der Waals surface area contributed by atoms with E-state index in [4.69, 9.17) is 0 Å². The van der Waals surface area contributed by atoms with E-state index in [0.29, 0.717) is 6.42 Å². The molecule has 2 aromatic carbocycles. The summed E-state index contributed by atoms with van der Waals surface area (Å²) in [5, 5.41) is 8.32. The number of hydrogen-bond acceptors (Lipinski definition) is 4. The molecule has 4 rings (SSSR count). The maximum absolute atomic E-state index is 12.7. The molecule has 0 aliphatic carbocycles. The molecule has 0 radical (unpaired) electrons. The molecule has 1 N–H and O–H groups in total. The Morgan fingerprint density at radius 2 is 1.86 bits per heavy atom. The number of nitrogens with one attached hydrogen (secondary N) is 1. The molecule has 0 saturated heterocycles. The average molecular weight is 385 g/mol. The Labute approximate surface area is 169 Å². The summed E-state index contributed by atoms with van der Waals surface area (Å²) in [5.74, 6) is -0.0128. The number of carbonyl (C=O) groups is 1. The molecule has 1 unspecified atom stereocenters. The summed E-state index contributed by atoms with van der Waals surface area (Å²) in [6, 6.07) is 15.9. The van der Waals surface area contributed by atoms with E-state index >= 15 is 0 Å². The first-order valence-corrected chi connectivity index (χ1v) is 9.62. The standard InChI is InChI=1S/C23H23N5O/c1-15-20-6-4-5-7-22(20)26-17(3)21(15)12-23(29)27-16(2)18-8-10-19(11-9-18)28-14-24-13-25-28/h4-11,13-14,16H,12H2,1-3H3,(H,27,29). The molecule has 6 nitrogen and oxygen atoms in total. The van der Waals surface area contributed by atoms with Crippen LogP contribution >= 0.6 is 0 Å². The Morgan fingerprint density at radius 1 is 1.10 bits per heavy atom. The minimum absolute atomic E-state index is 0.0128. The number of amides is 1. The highest BCUT2D eigenvalue weighted by atomic mass is 16.1. The van der Waals surface area contributed by atoms with Gasteiger partial charge in [-0.3, -0.25) is 9.78 Å². The van der Waals surface area contributed by atoms with Gasteiger partial charge in [0.05, 0.1) is 23.7 Å². The Balaban J connectivity index is 1.48. The summed E-state index contributed by atoms with van der Waals surface area (Å²) in [5.41, 5.74) is 5.95. The Kier molecular flexibility index (Phi) is 5.08. The van der Waals surface area contributed by atoms with E-state index in [-0.39, 0.29) is 11.9 Å². The second-order valence-electron chi connectivity index (χ2n) is 7.22. The number of benzene rings is 2. The predicted octanol–water partition coefficient (Wildman–Crippen LogP) is 3.85. The van der Waals surface area contributed by atoms with Gasteiger partial charge in [0.1, 0.15) is 12.7 Å². The summed E-state index contributed by atoms with van der Waals surface area (Å²) in [6.45, 7) is 6.01. The fourth-order valence-electron chi connectivity index (χ4n) is 3.62. The van der Waals surface area contributed by atoms with Crippen molar-refractivity contribution in [3.05, 3.63) is 83.6 Å². The van der Waals surface area contributed by atoms with Crippen molar-refractivity contribution in [3.8, 4) is 5.69 Å². The van der Waals surface area contributed by atoms with E-state index in [1.807, 2.05) is 56.3 Å². The second kappa shape index (κ2) is 7.83. The molecule has 0 aliphatic rings. The largest absolute Gasteiger partial charge is 0.349 e. The fourth-order valence-corrected chi connectivity index (χ4v) is 3.62. The first kappa shape index (κ1) is 18.8. The van der Waals surface area contributed by atoms with Crippen molar-refractivity contribution in [2.24, 2.45) is 0 Å². The maximum Gasteiger partial charge on any atom is 0.224 e. The molecule has 146 valence electrons. The number of carbonyl (C=O) groups excluding carboxylic acids is 1. The molecule has 0 spiro atoms. The third-order valence-electron chi connectivity index (χ3n) is 5.28. The second-order valence-corrected chi connectivity index (χ2v) is 7.22. The molecule has 6 heteroatoms. The van der Waals surface area contributed by atoms with Crippen LogP contribution in [-0.2, 0) is 11.2 Å². The first-order valence-electron chi connectivity index (χ1n) is 9.62. The van der Waals surface area contributed by atoms with Crippen molar-refractivity contribution in [1.82, 2.24) is 25.1 Å². The van der Waals surface area contributed by atoms with Gasteiger partial charge in [-0.25, -0.2) is 9.67 Å². The molecule has 0 aliphatic heterocycles. The van der Waals surface area contributed by atoms with Crippen LogP contribution in [0.1, 0.15) is 35.3 Å². The van der Waals surface area contributed by atoms with Crippen LogP contribution in [0.3, 0.4) is 0 Å². The van der Waals surface area contributed by atoms with Gasteiger partial charge >= 0.3 is 0 Å². The highest BCUT2D eigenvalue weighted by Crippen LogP contribution is 2.23. The predicted molar refractivity (Wildman–Crippen MR) is 113 cm³/mol. The van der Waals surface area contributed by atoms with E-state index in [1.54, 1.807) is 11.0 Å². The minimum Gasteiger partial charge on any atom is -0.349 e. The third-order valence-corrected chi connectivity index (χ3v) is 5.28. The van der Waals surface area contributed by atoms with Crippen LogP contribution in [-0.4, -0.2) is 25.7 Å². The fraction of sp³-hybridized carbons (Fsp3) is 0.217. The van der Waals surface area contributed by atoms with Crippen LogP contribution in [0.25, 0.3) is 16.6 Å². The number of aromatic nitrogens is 4. The van der Waals surface area contributed by atoms with Crippen molar-refractivity contribution in [3.63, 3.8) is 0 Å². The van der Waals surface area contributed by atoms with Crippen LogP contribution in [0.4, 0.5) is 0 Å². The topological polar surface area (TPSA) is 72.7 Å². The molecule has 0 bridgehead atoms. The van der Waals surface area contributed by atoms with Crippen molar-refractivity contribution in [2.75, 3.05) is 0 Å². The minimum atomic E-state index is -0.0960. The SMILES string of the molecule is Cc1nc2ccccc2c(C)c1CC(=O)NC(C)c1ccc(-n2cncn2)cc1. The molecular formula is C23H23N5O. The molecule has 2 heterocycles. The van der Waals surface area contributed by atoms with Crippen LogP contribution in [0.15, 0.2) is 61.2 Å². The number of pyridine rings is 1. The lowest BCUT2D eigenvalue weighted by Gasteiger charge is -2.17. The first-order chi connectivity index (χ1) is 14.0. The number of aryl methyl sites for hydroxylation is 2. The zero-order valence-electron chi connectivity index (χ0n) is 16.8. The highest BCUT2D eigenvalue weighted by molar-refractivity contribution is 5.86. The summed E-state index contributed by atoms with van der Waals surface area (Å²) in [7, 11) is 0. The highest BCUT2D eigenvalue weighted by Gasteiger charge is 2.15. The van der Waals surface area contributed by atoms with Gasteiger partial charge in [-0.15, -0.1) is 0 Å². The van der Waals surface area contributed by atoms with Gasteiger partial charge in [-0.1, -0.05) is 30.3 Å². The van der Waals surface area contributed by atoms with E-state index in [0.717, 1.165) is 39.0 Å². The number of nitrogens with zero attached hydrogens (tertiary/aromatic N) is 4. The molecule has 2 aromatic heterocycles. The van der Waals surface area contributed by atoms with Crippen molar-refractivity contribution in [1.29, 1.82) is 0 Å². The summed E-state index contributed by atoms with van der Waals surface area (Å²) >= 11 is 0. The molecular weight excluding hydrogens is 362 g/mol. The van der Waals surface area contributed by atoms with Crippen LogP contribution in [0.2, 0.25) is 0 Å². The van der Waals surface area contributed by atoms with Crippen molar-refractivity contribution in [2.45, 2.75) is 33.2 Å². The van der Waals surface area contributed by atoms with Crippen molar-refractivity contribution < 1.29 is 4.79 Å². The van der Waals surface area contributed by atoms with Gasteiger partial charge in [0.25, 0.3) is 0 Å². The number of hydrogen-bond donors (Lipinski definition) is 1. The summed E-state index contributed by atoms with van der Waals surface area (Å²) < 4.78 is 1.70. The van der Waals surface area contributed by atoms with E-state index in [2.05, 4.69) is 33.4 Å². The molecule has 4 aromatic rings. The zero-order chi connectivity index (χ0) is 20.4. The maximum atomic E-state index is 12.7. The summed E-state index contributed by atoms with van der Waals surface area (Å²) in [6.07, 6.45) is 3.47. The Hall–Kier alpha value is -3.54. The van der Waals surface area contributed by atoms with Gasteiger partial charge in [0.15, 0.2) is 0 Å². The average Bonchev–Trinajstić information content (AvgIpc) is 3.26. The molecule has 1 atom stereocenters. The van der Waals surface area contributed by atoms with Gasteiger partial charge in [-0.05, 0) is 55.7 Å². The van der Waals surface area contributed by atoms with Gasteiger partial charge < -0.3 is 5.32 Å². The van der Waals surface area contributed by atoms with Gasteiger partial charge in [-0.2, -0.15) is 5.10 Å². The van der Waals surface area contributed by atoms with Crippen LogP contribution in [0.5, 0.6) is 0 Å². The van der Waals surface area contributed by atoms with E-state index < -0.39 is 0 Å². The van der Waals surface area contributed by atoms with Crippen LogP contribution < -0.4 is 5.32 Å². The number of fused-ring (bicyclic) bond motifs is 1. The monoisotopic (exact) mass is 385 g/mol. The van der Waals surface area contributed by atoms with E-state index in [9.17, 15) is 4.79 Å². The lowest BCUT2D eigenvalue weighted by molar-refractivity contribution is -0.121. The molecule has 29 heavy (non-hydrogen) atoms. The smallest absolute Gasteiger partial charge is 0.224 e. The third kappa shape index (κ3) is 3.87. The lowest BCUT2D eigenvalue weighted by atomic mass is 9.99. The zero-order valence-corrected chi connectivity index (χ0v) is 16.8. The van der Waals surface area contributed by atoms with E-state index in [1.165, 1.54) is 6.33 Å². The Morgan fingerprint density at radius 3 is 2.59 bits per heavy atom. The summed E-state index contributed by atoms with van der Waals surface area (Å²) in [4.78, 5) is 21.4. The number of para-hydroxylation sites is 1. The molecule has 0 fully saturated rings. The quantitative estimate of drug-likeness (QED) is 0.566. The molecule has 0 saturated carbocycles. The van der Waals surface area contributed by atoms with Crippen LogP contribution in [0, 0.1) is 13.8 Å². The van der Waals surface area contributed by atoms with Crippen molar-refractivity contribution >= 4 is 16.8 Å². The van der Waals surface area contributed by atoms with Gasteiger partial charge in [0, 0.05) is 11.1 Å². The Bertz CT molecular complexity index is 1150. The number of rotatable bonds is 5. The molecule has 1 amide bonds. The lowest BCUT2D eigenvalue weighted by Crippen LogP contribution is -2.28.